The third-order valence-corrected chi connectivity index (χ3v) is 4.45. The second-order valence-corrected chi connectivity index (χ2v) is 6.14. The number of esters is 1. The summed E-state index contributed by atoms with van der Waals surface area (Å²) in [7, 11) is 0. The lowest BCUT2D eigenvalue weighted by molar-refractivity contribution is -0.137. The van der Waals surface area contributed by atoms with Crippen molar-refractivity contribution in [1.82, 2.24) is 4.90 Å². The average molecular weight is 346 g/mol. The first kappa shape index (κ1) is 17.4. The monoisotopic (exact) mass is 346 g/mol. The number of nitrogens with zero attached hydrogens (tertiary/aromatic N) is 1. The highest BCUT2D eigenvalue weighted by Crippen LogP contribution is 2.41. The second kappa shape index (κ2) is 7.65. The van der Waals surface area contributed by atoms with Crippen LogP contribution in [0.4, 0.5) is 5.69 Å². The van der Waals surface area contributed by atoms with E-state index in [1.165, 1.54) is 0 Å². The molecule has 2 aliphatic rings. The molecule has 1 saturated heterocycles. The molecule has 7 heteroatoms. The van der Waals surface area contributed by atoms with Crippen molar-refractivity contribution >= 4 is 23.5 Å². The van der Waals surface area contributed by atoms with E-state index in [0.29, 0.717) is 44.0 Å². The second-order valence-electron chi connectivity index (χ2n) is 6.14. The molecule has 2 atom stereocenters. The number of anilines is 1. The maximum atomic E-state index is 12.4. The van der Waals surface area contributed by atoms with Gasteiger partial charge in [-0.1, -0.05) is 12.1 Å². The predicted octanol–water partition coefficient (Wildman–Crippen LogP) is 1.30. The fourth-order valence-corrected chi connectivity index (χ4v) is 2.98. The van der Waals surface area contributed by atoms with E-state index in [9.17, 15) is 14.4 Å². The van der Waals surface area contributed by atoms with Crippen molar-refractivity contribution in [2.24, 2.45) is 11.8 Å². The van der Waals surface area contributed by atoms with E-state index in [1.807, 2.05) is 0 Å². The zero-order chi connectivity index (χ0) is 17.8. The van der Waals surface area contributed by atoms with E-state index in [0.717, 1.165) is 0 Å². The largest absolute Gasteiger partial charge is 0.462 e. The Hall–Kier alpha value is -2.41. The van der Waals surface area contributed by atoms with Crippen LogP contribution in [0.25, 0.3) is 0 Å². The molecule has 2 fully saturated rings. The molecule has 1 saturated carbocycles. The third-order valence-electron chi connectivity index (χ3n) is 4.45. The first-order valence-electron chi connectivity index (χ1n) is 8.55. The summed E-state index contributed by atoms with van der Waals surface area (Å²) in [6.07, 6.45) is 0.545. The number of amides is 2. The Morgan fingerprint density at radius 3 is 2.64 bits per heavy atom. The molecule has 0 spiro atoms. The van der Waals surface area contributed by atoms with Gasteiger partial charge in [0.1, 0.15) is 0 Å². The minimum Gasteiger partial charge on any atom is -0.462 e. The first-order chi connectivity index (χ1) is 12.1. The molecule has 25 heavy (non-hydrogen) atoms. The maximum Gasteiger partial charge on any atom is 0.340 e. The van der Waals surface area contributed by atoms with Gasteiger partial charge in [-0.15, -0.1) is 0 Å². The van der Waals surface area contributed by atoms with Crippen molar-refractivity contribution in [3.05, 3.63) is 29.8 Å². The van der Waals surface area contributed by atoms with Gasteiger partial charge in [-0.05, 0) is 25.5 Å². The summed E-state index contributed by atoms with van der Waals surface area (Å²) in [4.78, 5) is 38.6. The molecular formula is C18H22N2O5. The molecule has 2 amide bonds. The van der Waals surface area contributed by atoms with Crippen LogP contribution >= 0.6 is 0 Å². The summed E-state index contributed by atoms with van der Waals surface area (Å²) >= 11 is 0. The molecule has 3 rings (SSSR count). The van der Waals surface area contributed by atoms with Crippen LogP contribution in [0.15, 0.2) is 24.3 Å². The van der Waals surface area contributed by atoms with Crippen molar-refractivity contribution < 1.29 is 23.9 Å². The van der Waals surface area contributed by atoms with Crippen molar-refractivity contribution in [3.63, 3.8) is 0 Å². The van der Waals surface area contributed by atoms with Crippen molar-refractivity contribution in [2.45, 2.75) is 13.3 Å². The predicted molar refractivity (Wildman–Crippen MR) is 90.0 cm³/mol. The van der Waals surface area contributed by atoms with Crippen LogP contribution in [0.1, 0.15) is 23.7 Å². The van der Waals surface area contributed by atoms with Gasteiger partial charge in [-0.25, -0.2) is 4.79 Å². The molecule has 2 unspecified atom stereocenters. The van der Waals surface area contributed by atoms with Crippen LogP contribution in [0, 0.1) is 11.8 Å². The van der Waals surface area contributed by atoms with Gasteiger partial charge in [-0.2, -0.15) is 0 Å². The van der Waals surface area contributed by atoms with Crippen LogP contribution in [0.5, 0.6) is 0 Å². The van der Waals surface area contributed by atoms with Gasteiger partial charge < -0.3 is 19.7 Å². The van der Waals surface area contributed by atoms with Gasteiger partial charge in [0.2, 0.25) is 11.8 Å². The molecule has 1 aliphatic carbocycles. The van der Waals surface area contributed by atoms with Crippen LogP contribution in [0.3, 0.4) is 0 Å². The fourth-order valence-electron chi connectivity index (χ4n) is 2.98. The van der Waals surface area contributed by atoms with Crippen LogP contribution in [-0.2, 0) is 19.1 Å². The lowest BCUT2D eigenvalue weighted by Crippen LogP contribution is -2.42. The van der Waals surface area contributed by atoms with E-state index in [-0.39, 0.29) is 30.3 Å². The zero-order valence-electron chi connectivity index (χ0n) is 14.2. The normalized spacial score (nSPS) is 22.2. The highest BCUT2D eigenvalue weighted by Gasteiger charge is 2.49. The van der Waals surface area contributed by atoms with Crippen LogP contribution in [0.2, 0.25) is 0 Å². The average Bonchev–Trinajstić information content (AvgIpc) is 3.43. The topological polar surface area (TPSA) is 84.9 Å². The molecule has 1 N–H and O–H groups in total. The van der Waals surface area contributed by atoms with Gasteiger partial charge in [-0.3, -0.25) is 9.59 Å². The van der Waals surface area contributed by atoms with Gasteiger partial charge in [0.05, 0.1) is 42.9 Å². The Bertz CT molecular complexity index is 669. The fraction of sp³-hybridized carbons (Fsp3) is 0.500. The maximum absolute atomic E-state index is 12.4. The number of benzene rings is 1. The van der Waals surface area contributed by atoms with Gasteiger partial charge in [0, 0.05) is 13.1 Å². The van der Waals surface area contributed by atoms with Gasteiger partial charge in [0.25, 0.3) is 0 Å². The van der Waals surface area contributed by atoms with Gasteiger partial charge in [0.15, 0.2) is 0 Å². The van der Waals surface area contributed by atoms with Gasteiger partial charge >= 0.3 is 5.97 Å². The molecule has 0 bridgehead atoms. The Balaban J connectivity index is 1.60. The molecule has 1 aromatic rings. The van der Waals surface area contributed by atoms with Crippen molar-refractivity contribution in [1.29, 1.82) is 0 Å². The Labute approximate surface area is 146 Å². The van der Waals surface area contributed by atoms with E-state index < -0.39 is 5.97 Å². The van der Waals surface area contributed by atoms with Crippen molar-refractivity contribution in [2.75, 3.05) is 38.2 Å². The number of hydrogen-bond donors (Lipinski definition) is 1. The Kier molecular flexibility index (Phi) is 5.33. The highest BCUT2D eigenvalue weighted by atomic mass is 16.5. The SMILES string of the molecule is CCOC(=O)c1ccccc1NC(=O)C1CC1C(=O)N1CCOCC1. The number of morpholine rings is 1. The van der Waals surface area contributed by atoms with E-state index in [1.54, 1.807) is 36.1 Å². The first-order valence-corrected chi connectivity index (χ1v) is 8.55. The molecule has 0 radical (unpaired) electrons. The van der Waals surface area contributed by atoms with Crippen molar-refractivity contribution in [3.8, 4) is 0 Å². The Morgan fingerprint density at radius 2 is 1.92 bits per heavy atom. The lowest BCUT2D eigenvalue weighted by Gasteiger charge is -2.27. The molecule has 134 valence electrons. The molecule has 0 aromatic heterocycles. The Morgan fingerprint density at radius 1 is 1.20 bits per heavy atom. The number of hydrogen-bond acceptors (Lipinski definition) is 5. The number of rotatable bonds is 5. The summed E-state index contributed by atoms with van der Waals surface area (Å²) in [6.45, 7) is 4.24. The molecule has 1 aromatic carbocycles. The van der Waals surface area contributed by atoms with E-state index in [2.05, 4.69) is 5.32 Å². The summed E-state index contributed by atoms with van der Waals surface area (Å²) in [6, 6.07) is 6.72. The number of carbonyl (C=O) groups is 3. The van der Waals surface area contributed by atoms with Crippen LogP contribution in [-0.4, -0.2) is 55.6 Å². The molecular weight excluding hydrogens is 324 g/mol. The smallest absolute Gasteiger partial charge is 0.340 e. The standard InChI is InChI=1S/C18H22N2O5/c1-2-25-18(23)12-5-3-4-6-15(12)19-16(21)13-11-14(13)17(22)20-7-9-24-10-8-20/h3-6,13-14H,2,7-11H2,1H3,(H,19,21). The van der Waals surface area contributed by atoms with Crippen LogP contribution < -0.4 is 5.32 Å². The summed E-state index contributed by atoms with van der Waals surface area (Å²) in [5, 5.41) is 2.76. The molecule has 1 heterocycles. The quantitative estimate of drug-likeness (QED) is 0.812. The highest BCUT2D eigenvalue weighted by molar-refractivity contribution is 6.04. The number of carbonyl (C=O) groups excluding carboxylic acids is 3. The van der Waals surface area contributed by atoms with E-state index >= 15 is 0 Å². The minimum atomic E-state index is -0.477. The summed E-state index contributed by atoms with van der Waals surface area (Å²) in [5.74, 6) is -1.31. The number of para-hydroxylation sites is 1. The number of ether oxygens (including phenoxy) is 2. The summed E-state index contributed by atoms with van der Waals surface area (Å²) < 4.78 is 10.2. The minimum absolute atomic E-state index is 0.0159. The number of nitrogens with one attached hydrogen (secondary N) is 1. The zero-order valence-corrected chi connectivity index (χ0v) is 14.2. The lowest BCUT2D eigenvalue weighted by atomic mass is 10.1. The molecule has 7 nitrogen and oxygen atoms in total. The summed E-state index contributed by atoms with van der Waals surface area (Å²) in [5.41, 5.74) is 0.727. The third kappa shape index (κ3) is 3.99. The molecule has 1 aliphatic heterocycles. The van der Waals surface area contributed by atoms with E-state index in [4.69, 9.17) is 9.47 Å².